The largest absolute Gasteiger partial charge is 0.240 e. The van der Waals surface area contributed by atoms with Crippen LogP contribution >= 0.6 is 15.9 Å². The van der Waals surface area contributed by atoms with Crippen molar-refractivity contribution in [1.29, 1.82) is 0 Å². The fourth-order valence-electron chi connectivity index (χ4n) is 1.50. The predicted octanol–water partition coefficient (Wildman–Crippen LogP) is 3.25. The molecule has 0 radical (unpaired) electrons. The summed E-state index contributed by atoms with van der Waals surface area (Å²) in [5.74, 6) is 0. The maximum atomic E-state index is 4.25. The van der Waals surface area contributed by atoms with Crippen LogP contribution in [0, 0.1) is 13.8 Å². The van der Waals surface area contributed by atoms with Crippen LogP contribution in [0.4, 0.5) is 0 Å². The monoisotopic (exact) mass is 250 g/mol. The van der Waals surface area contributed by atoms with Crippen LogP contribution in [-0.2, 0) is 0 Å². The maximum Gasteiger partial charge on any atom is 0.0675 e. The normalized spacial score (nSPS) is 10.5. The molecule has 1 aromatic heterocycles. The van der Waals surface area contributed by atoms with Crippen LogP contribution in [0.3, 0.4) is 0 Å². The molecule has 1 heterocycles. The Hall–Kier alpha value is -1.09. The van der Waals surface area contributed by atoms with Gasteiger partial charge in [-0.05, 0) is 41.4 Å². The fraction of sp³-hybridized carbons (Fsp3) is 0.182. The van der Waals surface area contributed by atoms with E-state index in [4.69, 9.17) is 0 Å². The first kappa shape index (κ1) is 9.46. The lowest BCUT2D eigenvalue weighted by molar-refractivity contribution is 0.872. The summed E-state index contributed by atoms with van der Waals surface area (Å²) in [4.78, 5) is 0. The molecule has 14 heavy (non-hydrogen) atoms. The topological polar surface area (TPSA) is 17.8 Å². The molecule has 0 N–H and O–H groups in total. The Morgan fingerprint density at radius 2 is 2.07 bits per heavy atom. The average molecular weight is 251 g/mol. The third kappa shape index (κ3) is 1.73. The van der Waals surface area contributed by atoms with Crippen LogP contribution in [0.5, 0.6) is 0 Å². The Morgan fingerprint density at radius 1 is 1.29 bits per heavy atom. The second-order valence-corrected chi connectivity index (χ2v) is 4.31. The Labute approximate surface area is 91.7 Å². The van der Waals surface area contributed by atoms with Crippen molar-refractivity contribution in [3.63, 3.8) is 0 Å². The van der Waals surface area contributed by atoms with E-state index in [1.54, 1.807) is 6.20 Å². The Morgan fingerprint density at radius 3 is 2.64 bits per heavy atom. The van der Waals surface area contributed by atoms with Gasteiger partial charge in [-0.2, -0.15) is 5.10 Å². The first-order valence-corrected chi connectivity index (χ1v) is 5.24. The molecule has 2 nitrogen and oxygen atoms in total. The van der Waals surface area contributed by atoms with Crippen molar-refractivity contribution in [2.45, 2.75) is 13.8 Å². The van der Waals surface area contributed by atoms with E-state index in [2.05, 4.69) is 53.1 Å². The lowest BCUT2D eigenvalue weighted by atomic mass is 10.1. The zero-order chi connectivity index (χ0) is 10.1. The summed E-state index contributed by atoms with van der Waals surface area (Å²) in [6.07, 6.45) is 3.75. The molecule has 0 spiro atoms. The van der Waals surface area contributed by atoms with Crippen molar-refractivity contribution in [2.75, 3.05) is 0 Å². The zero-order valence-electron chi connectivity index (χ0n) is 8.16. The van der Waals surface area contributed by atoms with Crippen molar-refractivity contribution < 1.29 is 0 Å². The molecular weight excluding hydrogens is 240 g/mol. The smallest absolute Gasteiger partial charge is 0.0675 e. The molecule has 0 unspecified atom stereocenters. The van der Waals surface area contributed by atoms with Crippen molar-refractivity contribution >= 4 is 15.9 Å². The van der Waals surface area contributed by atoms with E-state index in [9.17, 15) is 0 Å². The van der Waals surface area contributed by atoms with Crippen molar-refractivity contribution in [2.24, 2.45) is 0 Å². The van der Waals surface area contributed by atoms with E-state index in [0.717, 1.165) is 10.2 Å². The van der Waals surface area contributed by atoms with E-state index >= 15 is 0 Å². The van der Waals surface area contributed by atoms with Gasteiger partial charge in [0.05, 0.1) is 16.4 Å². The van der Waals surface area contributed by atoms with Gasteiger partial charge in [0.25, 0.3) is 0 Å². The molecule has 0 aliphatic carbocycles. The number of hydrogen-bond acceptors (Lipinski definition) is 1. The average Bonchev–Trinajstić information content (AvgIpc) is 2.51. The predicted molar refractivity (Wildman–Crippen MR) is 60.7 cm³/mol. The molecule has 0 saturated carbocycles. The number of nitrogens with zero attached hydrogens (tertiary/aromatic N) is 2. The van der Waals surface area contributed by atoms with Gasteiger partial charge in [-0.1, -0.05) is 17.7 Å². The molecule has 3 heteroatoms. The molecule has 72 valence electrons. The summed E-state index contributed by atoms with van der Waals surface area (Å²) in [6.45, 7) is 4.19. The van der Waals surface area contributed by atoms with Gasteiger partial charge in [0.2, 0.25) is 0 Å². The Kier molecular flexibility index (Phi) is 2.42. The summed E-state index contributed by atoms with van der Waals surface area (Å²) in [5.41, 5.74) is 3.64. The molecule has 0 amide bonds. The van der Waals surface area contributed by atoms with Crippen LogP contribution < -0.4 is 0 Å². The van der Waals surface area contributed by atoms with E-state index in [1.165, 1.54) is 11.1 Å². The van der Waals surface area contributed by atoms with Crippen LogP contribution in [0.25, 0.3) is 5.69 Å². The minimum absolute atomic E-state index is 0.998. The number of rotatable bonds is 1. The van der Waals surface area contributed by atoms with Gasteiger partial charge in [0.1, 0.15) is 0 Å². The molecule has 2 aromatic rings. The van der Waals surface area contributed by atoms with Gasteiger partial charge in [-0.15, -0.1) is 0 Å². The fourth-order valence-corrected chi connectivity index (χ4v) is 1.78. The minimum atomic E-state index is 0.998. The summed E-state index contributed by atoms with van der Waals surface area (Å²) in [5, 5.41) is 4.25. The quantitative estimate of drug-likeness (QED) is 0.760. The van der Waals surface area contributed by atoms with Crippen LogP contribution in [-0.4, -0.2) is 9.78 Å². The highest BCUT2D eigenvalue weighted by atomic mass is 79.9. The van der Waals surface area contributed by atoms with Gasteiger partial charge in [-0.25, -0.2) is 4.68 Å². The van der Waals surface area contributed by atoms with E-state index < -0.39 is 0 Å². The summed E-state index contributed by atoms with van der Waals surface area (Å²) < 4.78 is 2.87. The highest BCUT2D eigenvalue weighted by Crippen LogP contribution is 2.17. The third-order valence-corrected chi connectivity index (χ3v) is 2.56. The minimum Gasteiger partial charge on any atom is -0.240 e. The Bertz CT molecular complexity index is 460. The van der Waals surface area contributed by atoms with Crippen molar-refractivity contribution in [3.05, 3.63) is 46.2 Å². The SMILES string of the molecule is Cc1ccc(-n2cc(Br)cn2)c(C)c1. The lowest BCUT2D eigenvalue weighted by Crippen LogP contribution is -1.97. The summed E-state index contributed by atoms with van der Waals surface area (Å²) in [6, 6.07) is 6.34. The maximum absolute atomic E-state index is 4.25. The number of halogens is 1. The van der Waals surface area contributed by atoms with Crippen LogP contribution in [0.15, 0.2) is 35.1 Å². The number of aromatic nitrogens is 2. The van der Waals surface area contributed by atoms with E-state index in [0.29, 0.717) is 0 Å². The van der Waals surface area contributed by atoms with Gasteiger partial charge in [0.15, 0.2) is 0 Å². The molecule has 0 aliphatic rings. The standard InChI is InChI=1S/C11H11BrN2/c1-8-3-4-11(9(2)5-8)14-7-10(12)6-13-14/h3-7H,1-2H3. The molecule has 0 bridgehead atoms. The highest BCUT2D eigenvalue weighted by Gasteiger charge is 2.02. The number of aryl methyl sites for hydroxylation is 2. The second-order valence-electron chi connectivity index (χ2n) is 3.39. The van der Waals surface area contributed by atoms with Gasteiger partial charge < -0.3 is 0 Å². The summed E-state index contributed by atoms with van der Waals surface area (Å²) in [7, 11) is 0. The highest BCUT2D eigenvalue weighted by molar-refractivity contribution is 9.10. The molecule has 1 aromatic carbocycles. The first-order valence-electron chi connectivity index (χ1n) is 4.44. The number of benzene rings is 1. The first-order chi connectivity index (χ1) is 6.66. The summed E-state index contributed by atoms with van der Waals surface area (Å²) >= 11 is 3.39. The van der Waals surface area contributed by atoms with E-state index in [1.807, 2.05) is 10.9 Å². The molecular formula is C11H11BrN2. The number of hydrogen-bond donors (Lipinski definition) is 0. The van der Waals surface area contributed by atoms with Gasteiger partial charge in [0, 0.05) is 6.20 Å². The Balaban J connectivity index is 2.52. The molecule has 0 fully saturated rings. The molecule has 0 aliphatic heterocycles. The van der Waals surface area contributed by atoms with E-state index in [-0.39, 0.29) is 0 Å². The third-order valence-electron chi connectivity index (χ3n) is 2.15. The van der Waals surface area contributed by atoms with Gasteiger partial charge >= 0.3 is 0 Å². The molecule has 0 saturated heterocycles. The van der Waals surface area contributed by atoms with Crippen molar-refractivity contribution in [1.82, 2.24) is 9.78 Å². The zero-order valence-corrected chi connectivity index (χ0v) is 9.75. The molecule has 2 rings (SSSR count). The van der Waals surface area contributed by atoms with Crippen LogP contribution in [0.2, 0.25) is 0 Å². The van der Waals surface area contributed by atoms with Crippen molar-refractivity contribution in [3.8, 4) is 5.69 Å². The second kappa shape index (κ2) is 3.58. The lowest BCUT2D eigenvalue weighted by Gasteiger charge is -2.05. The molecule has 0 atom stereocenters. The van der Waals surface area contributed by atoms with Crippen LogP contribution in [0.1, 0.15) is 11.1 Å². The van der Waals surface area contributed by atoms with Gasteiger partial charge in [-0.3, -0.25) is 0 Å².